The predicted octanol–water partition coefficient (Wildman–Crippen LogP) is 4.48. The van der Waals surface area contributed by atoms with Gasteiger partial charge in [0.2, 0.25) is 0 Å². The Kier molecular flexibility index (Phi) is 5.66. The topological polar surface area (TPSA) is 38.3 Å². The van der Waals surface area contributed by atoms with E-state index in [-0.39, 0.29) is 18.3 Å². The molecule has 0 saturated carbocycles. The fourth-order valence-electron chi connectivity index (χ4n) is 2.52. The van der Waals surface area contributed by atoms with E-state index in [9.17, 15) is 9.18 Å². The molecule has 1 amide bonds. The first-order valence-electron chi connectivity index (χ1n) is 7.94. The zero-order valence-electron chi connectivity index (χ0n) is 13.5. The number of hydrogen-bond acceptors (Lipinski definition) is 2. The molecule has 3 aromatic rings. The first-order chi connectivity index (χ1) is 12.1. The number of carbonyl (C=O) groups excluding carboxylic acids is 1. The average molecular weight is 402 g/mol. The van der Waals surface area contributed by atoms with Crippen LogP contribution in [0.2, 0.25) is 0 Å². The monoisotopic (exact) mass is 401 g/mol. The number of benzene rings is 3. The predicted molar refractivity (Wildman–Crippen MR) is 100 cm³/mol. The van der Waals surface area contributed by atoms with Crippen molar-refractivity contribution >= 4 is 32.6 Å². The average Bonchev–Trinajstić information content (AvgIpc) is 2.63. The van der Waals surface area contributed by atoms with Crippen LogP contribution in [0.4, 0.5) is 4.39 Å². The van der Waals surface area contributed by atoms with Crippen molar-refractivity contribution in [3.05, 3.63) is 76.5 Å². The number of amides is 1. The maximum absolute atomic E-state index is 12.8. The molecule has 25 heavy (non-hydrogen) atoms. The Morgan fingerprint density at radius 1 is 1.04 bits per heavy atom. The Hall–Kier alpha value is -2.40. The summed E-state index contributed by atoms with van der Waals surface area (Å²) in [6, 6.07) is 18.0. The van der Waals surface area contributed by atoms with Crippen LogP contribution in [0.5, 0.6) is 5.75 Å². The van der Waals surface area contributed by atoms with Gasteiger partial charge in [0, 0.05) is 6.54 Å². The van der Waals surface area contributed by atoms with Crippen LogP contribution in [-0.4, -0.2) is 19.1 Å². The van der Waals surface area contributed by atoms with Gasteiger partial charge < -0.3 is 10.1 Å². The molecule has 3 rings (SSSR count). The minimum absolute atomic E-state index is 0.0552. The molecule has 0 unspecified atom stereocenters. The van der Waals surface area contributed by atoms with E-state index in [1.807, 2.05) is 36.4 Å². The molecule has 0 spiro atoms. The molecule has 3 nitrogen and oxygen atoms in total. The van der Waals surface area contributed by atoms with E-state index >= 15 is 0 Å². The lowest BCUT2D eigenvalue weighted by Crippen LogP contribution is -2.30. The van der Waals surface area contributed by atoms with Crippen LogP contribution in [0, 0.1) is 5.82 Å². The molecule has 128 valence electrons. The summed E-state index contributed by atoms with van der Waals surface area (Å²) < 4.78 is 19.3. The molecular formula is C20H17BrFNO2. The van der Waals surface area contributed by atoms with Crippen molar-refractivity contribution in [2.24, 2.45) is 0 Å². The third kappa shape index (κ3) is 4.57. The number of nitrogens with one attached hydrogen (secondary N) is 1. The molecule has 3 aromatic carbocycles. The summed E-state index contributed by atoms with van der Waals surface area (Å²) >= 11 is 3.53. The summed E-state index contributed by atoms with van der Waals surface area (Å²) in [6.07, 6.45) is 0.645. The number of halogens is 2. The third-order valence-corrected chi connectivity index (χ3v) is 4.65. The Morgan fingerprint density at radius 2 is 1.80 bits per heavy atom. The smallest absolute Gasteiger partial charge is 0.257 e. The fourth-order valence-corrected chi connectivity index (χ4v) is 3.12. The second kappa shape index (κ2) is 8.12. The van der Waals surface area contributed by atoms with Crippen LogP contribution in [-0.2, 0) is 11.2 Å². The van der Waals surface area contributed by atoms with Crippen molar-refractivity contribution in [2.75, 3.05) is 13.2 Å². The van der Waals surface area contributed by atoms with Gasteiger partial charge in [0.05, 0.1) is 4.47 Å². The number of carbonyl (C=O) groups is 1. The fraction of sp³-hybridized carbons (Fsp3) is 0.150. The molecule has 0 bridgehead atoms. The van der Waals surface area contributed by atoms with E-state index in [2.05, 4.69) is 21.2 Å². The Morgan fingerprint density at radius 3 is 2.60 bits per heavy atom. The van der Waals surface area contributed by atoms with Crippen LogP contribution in [0.1, 0.15) is 5.56 Å². The van der Waals surface area contributed by atoms with Gasteiger partial charge in [-0.25, -0.2) is 4.39 Å². The van der Waals surface area contributed by atoms with Crippen LogP contribution < -0.4 is 10.1 Å². The van der Waals surface area contributed by atoms with Gasteiger partial charge >= 0.3 is 0 Å². The highest BCUT2D eigenvalue weighted by Gasteiger charge is 2.08. The molecule has 0 aromatic heterocycles. The van der Waals surface area contributed by atoms with E-state index in [0.717, 1.165) is 20.8 Å². The van der Waals surface area contributed by atoms with Crippen LogP contribution in [0.25, 0.3) is 10.8 Å². The second-order valence-electron chi connectivity index (χ2n) is 5.61. The van der Waals surface area contributed by atoms with Gasteiger partial charge in [-0.15, -0.1) is 0 Å². The minimum Gasteiger partial charge on any atom is -0.483 e. The molecule has 0 aliphatic rings. The van der Waals surface area contributed by atoms with Crippen LogP contribution in [0.15, 0.2) is 65.1 Å². The molecule has 0 heterocycles. The van der Waals surface area contributed by atoms with E-state index < -0.39 is 0 Å². The third-order valence-electron chi connectivity index (χ3n) is 3.84. The highest BCUT2D eigenvalue weighted by atomic mass is 79.9. The number of rotatable bonds is 6. The van der Waals surface area contributed by atoms with Crippen molar-refractivity contribution < 1.29 is 13.9 Å². The standard InChI is InChI=1S/C20H17BrFNO2/c21-20-17-4-2-1-3-15(17)7-10-18(20)25-13-19(24)23-12-11-14-5-8-16(22)9-6-14/h1-10H,11-13H2,(H,23,24). The van der Waals surface area contributed by atoms with E-state index in [1.54, 1.807) is 12.1 Å². The zero-order chi connectivity index (χ0) is 17.6. The minimum atomic E-state index is -0.262. The lowest BCUT2D eigenvalue weighted by molar-refractivity contribution is -0.123. The Balaban J connectivity index is 1.50. The van der Waals surface area contributed by atoms with Crippen LogP contribution in [0.3, 0.4) is 0 Å². The molecule has 0 radical (unpaired) electrons. The molecular weight excluding hydrogens is 385 g/mol. The Labute approximate surface area is 153 Å². The number of fused-ring (bicyclic) bond motifs is 1. The molecule has 0 atom stereocenters. The van der Waals surface area contributed by atoms with Gasteiger partial charge in [-0.1, -0.05) is 42.5 Å². The number of hydrogen-bond donors (Lipinski definition) is 1. The van der Waals surface area contributed by atoms with Gasteiger partial charge in [0.1, 0.15) is 11.6 Å². The van der Waals surface area contributed by atoms with Gasteiger partial charge in [0.15, 0.2) is 6.61 Å². The van der Waals surface area contributed by atoms with Gasteiger partial charge in [-0.2, -0.15) is 0 Å². The SMILES string of the molecule is O=C(COc1ccc2ccccc2c1Br)NCCc1ccc(F)cc1. The van der Waals surface area contributed by atoms with Crippen LogP contribution >= 0.6 is 15.9 Å². The molecule has 5 heteroatoms. The molecule has 0 saturated heterocycles. The largest absolute Gasteiger partial charge is 0.483 e. The maximum Gasteiger partial charge on any atom is 0.257 e. The first-order valence-corrected chi connectivity index (χ1v) is 8.74. The van der Waals surface area contributed by atoms with Gasteiger partial charge in [-0.3, -0.25) is 4.79 Å². The lowest BCUT2D eigenvalue weighted by Gasteiger charge is -2.11. The van der Waals surface area contributed by atoms with Crippen molar-refractivity contribution in [3.63, 3.8) is 0 Å². The quantitative estimate of drug-likeness (QED) is 0.661. The second-order valence-corrected chi connectivity index (χ2v) is 6.41. The van der Waals surface area contributed by atoms with E-state index in [0.29, 0.717) is 18.7 Å². The molecule has 0 aliphatic heterocycles. The molecule has 1 N–H and O–H groups in total. The summed E-state index contributed by atoms with van der Waals surface area (Å²) in [5, 5.41) is 4.94. The van der Waals surface area contributed by atoms with Gasteiger partial charge in [0.25, 0.3) is 5.91 Å². The van der Waals surface area contributed by atoms with E-state index in [4.69, 9.17) is 4.74 Å². The number of ether oxygens (including phenoxy) is 1. The van der Waals surface area contributed by atoms with Gasteiger partial charge in [-0.05, 0) is 56.9 Å². The summed E-state index contributed by atoms with van der Waals surface area (Å²) in [7, 11) is 0. The summed E-state index contributed by atoms with van der Waals surface area (Å²) in [5.74, 6) is 0.178. The Bertz CT molecular complexity index is 881. The summed E-state index contributed by atoms with van der Waals surface area (Å²) in [5.41, 5.74) is 0.972. The normalized spacial score (nSPS) is 10.6. The van der Waals surface area contributed by atoms with Crippen molar-refractivity contribution in [1.82, 2.24) is 5.32 Å². The molecule has 0 aliphatic carbocycles. The highest BCUT2D eigenvalue weighted by Crippen LogP contribution is 2.32. The maximum atomic E-state index is 12.8. The van der Waals surface area contributed by atoms with Crippen molar-refractivity contribution in [1.29, 1.82) is 0 Å². The van der Waals surface area contributed by atoms with Crippen molar-refractivity contribution in [3.8, 4) is 5.75 Å². The van der Waals surface area contributed by atoms with E-state index in [1.165, 1.54) is 12.1 Å². The zero-order valence-corrected chi connectivity index (χ0v) is 15.1. The van der Waals surface area contributed by atoms with Crippen molar-refractivity contribution in [2.45, 2.75) is 6.42 Å². The summed E-state index contributed by atoms with van der Waals surface area (Å²) in [6.45, 7) is 0.424. The highest BCUT2D eigenvalue weighted by molar-refractivity contribution is 9.10. The first kappa shape index (κ1) is 17.4. The summed E-state index contributed by atoms with van der Waals surface area (Å²) in [4.78, 5) is 11.9. The molecule has 0 fully saturated rings. The lowest BCUT2D eigenvalue weighted by atomic mass is 10.1.